The van der Waals surface area contributed by atoms with Gasteiger partial charge < -0.3 is 5.11 Å². The van der Waals surface area contributed by atoms with Crippen molar-refractivity contribution in [1.29, 1.82) is 5.26 Å². The number of aliphatic hydroxyl groups excluding tert-OH is 1. The van der Waals surface area contributed by atoms with Gasteiger partial charge in [0.25, 0.3) is 0 Å². The molecule has 0 unspecified atom stereocenters. The topological polar surface area (TPSA) is 44.0 Å². The molecule has 1 aromatic carbocycles. The first kappa shape index (κ1) is 7.77. The lowest BCUT2D eigenvalue weighted by atomic mass is 10.1. The Balaban J connectivity index is 2.94. The van der Waals surface area contributed by atoms with Crippen molar-refractivity contribution in [3.05, 3.63) is 41.5 Å². The standard InChI is InChI=1S/C9H8NO/c1-7(11)9-4-2-8(6-10)3-5-9/h2-5,11H,1H3. The van der Waals surface area contributed by atoms with Crippen molar-refractivity contribution in [2.75, 3.05) is 0 Å². The quantitative estimate of drug-likeness (QED) is 0.656. The van der Waals surface area contributed by atoms with E-state index in [0.29, 0.717) is 5.56 Å². The number of hydrogen-bond donors (Lipinski definition) is 1. The van der Waals surface area contributed by atoms with E-state index in [1.165, 1.54) is 0 Å². The van der Waals surface area contributed by atoms with E-state index < -0.39 is 0 Å². The van der Waals surface area contributed by atoms with Crippen molar-refractivity contribution in [2.45, 2.75) is 6.92 Å². The number of rotatable bonds is 1. The fraction of sp³-hybridized carbons (Fsp3) is 0.111. The van der Waals surface area contributed by atoms with Gasteiger partial charge >= 0.3 is 0 Å². The van der Waals surface area contributed by atoms with Gasteiger partial charge in [0.15, 0.2) is 0 Å². The number of hydrogen-bond acceptors (Lipinski definition) is 2. The second-order valence-corrected chi connectivity index (χ2v) is 2.27. The molecule has 0 aliphatic carbocycles. The molecule has 1 radical (unpaired) electrons. The normalized spacial score (nSPS) is 9.64. The van der Waals surface area contributed by atoms with Crippen LogP contribution in [0.1, 0.15) is 18.1 Å². The molecule has 0 saturated carbocycles. The summed E-state index contributed by atoms with van der Waals surface area (Å²) in [6.07, 6.45) is 0.273. The van der Waals surface area contributed by atoms with Crippen LogP contribution in [0, 0.1) is 17.4 Å². The molecule has 1 aromatic rings. The average molecular weight is 146 g/mol. The summed E-state index contributed by atoms with van der Waals surface area (Å²) in [5, 5.41) is 17.5. The smallest absolute Gasteiger partial charge is 0.119 e. The van der Waals surface area contributed by atoms with Gasteiger partial charge in [-0.15, -0.1) is 0 Å². The molecule has 1 N–H and O–H groups in total. The fourth-order valence-electron chi connectivity index (χ4n) is 0.786. The van der Waals surface area contributed by atoms with Crippen LogP contribution >= 0.6 is 0 Å². The van der Waals surface area contributed by atoms with Crippen LogP contribution < -0.4 is 0 Å². The molecule has 0 fully saturated rings. The summed E-state index contributed by atoms with van der Waals surface area (Å²) in [4.78, 5) is 0. The van der Waals surface area contributed by atoms with Crippen LogP contribution in [0.2, 0.25) is 0 Å². The molecule has 55 valence electrons. The van der Waals surface area contributed by atoms with Gasteiger partial charge in [0.2, 0.25) is 0 Å². The highest BCUT2D eigenvalue weighted by molar-refractivity contribution is 5.35. The lowest BCUT2D eigenvalue weighted by molar-refractivity contribution is 0.341. The van der Waals surface area contributed by atoms with E-state index in [4.69, 9.17) is 10.4 Å². The maximum Gasteiger partial charge on any atom is 0.119 e. The third-order valence-corrected chi connectivity index (χ3v) is 1.43. The third-order valence-electron chi connectivity index (χ3n) is 1.43. The van der Waals surface area contributed by atoms with Crippen molar-refractivity contribution in [1.82, 2.24) is 0 Å². The Hall–Kier alpha value is -1.33. The van der Waals surface area contributed by atoms with E-state index in [1.54, 1.807) is 31.2 Å². The first-order valence-corrected chi connectivity index (χ1v) is 3.27. The number of benzene rings is 1. The Morgan fingerprint density at radius 1 is 1.36 bits per heavy atom. The maximum atomic E-state index is 9.02. The van der Waals surface area contributed by atoms with Crippen LogP contribution in [0.25, 0.3) is 0 Å². The Bertz CT molecular complexity index is 269. The number of nitriles is 1. The molecule has 11 heavy (non-hydrogen) atoms. The lowest BCUT2D eigenvalue weighted by Gasteiger charge is -2.00. The zero-order valence-corrected chi connectivity index (χ0v) is 6.20. The predicted octanol–water partition coefficient (Wildman–Crippen LogP) is 1.83. The summed E-state index contributed by atoms with van der Waals surface area (Å²) in [6.45, 7) is 1.61. The SMILES string of the molecule is C[C](O)c1ccc(C#N)cc1. The first-order chi connectivity index (χ1) is 5.24. The highest BCUT2D eigenvalue weighted by atomic mass is 16.3. The van der Waals surface area contributed by atoms with Crippen LogP contribution in [0.5, 0.6) is 0 Å². The van der Waals surface area contributed by atoms with E-state index in [-0.39, 0.29) is 6.10 Å². The largest absolute Gasteiger partial charge is 0.382 e. The highest BCUT2D eigenvalue weighted by Crippen LogP contribution is 2.10. The molecule has 0 bridgehead atoms. The van der Waals surface area contributed by atoms with E-state index in [1.807, 2.05) is 6.07 Å². The van der Waals surface area contributed by atoms with Crippen molar-refractivity contribution < 1.29 is 5.11 Å². The summed E-state index contributed by atoms with van der Waals surface area (Å²) in [6, 6.07) is 8.79. The zero-order valence-electron chi connectivity index (χ0n) is 6.20. The van der Waals surface area contributed by atoms with E-state index in [0.717, 1.165) is 5.56 Å². The molecule has 1 rings (SSSR count). The monoisotopic (exact) mass is 146 g/mol. The summed E-state index contributed by atoms with van der Waals surface area (Å²) < 4.78 is 0. The summed E-state index contributed by atoms with van der Waals surface area (Å²) in [7, 11) is 0. The van der Waals surface area contributed by atoms with Gasteiger partial charge in [-0.2, -0.15) is 5.26 Å². The third kappa shape index (κ3) is 1.79. The molecular formula is C9H8NO. The van der Waals surface area contributed by atoms with Crippen LogP contribution in [-0.4, -0.2) is 5.11 Å². The zero-order chi connectivity index (χ0) is 8.27. The molecule has 0 atom stereocenters. The van der Waals surface area contributed by atoms with Crippen molar-refractivity contribution >= 4 is 0 Å². The van der Waals surface area contributed by atoms with Gasteiger partial charge in [-0.1, -0.05) is 12.1 Å². The summed E-state index contributed by atoms with van der Waals surface area (Å²) in [5.41, 5.74) is 1.36. The first-order valence-electron chi connectivity index (χ1n) is 3.27. The Labute approximate surface area is 65.7 Å². The average Bonchev–Trinajstić information content (AvgIpc) is 2.05. The molecule has 0 amide bonds. The maximum absolute atomic E-state index is 9.02. The summed E-state index contributed by atoms with van der Waals surface area (Å²) >= 11 is 0. The van der Waals surface area contributed by atoms with Crippen molar-refractivity contribution in [3.63, 3.8) is 0 Å². The van der Waals surface area contributed by atoms with Crippen LogP contribution in [0.3, 0.4) is 0 Å². The minimum absolute atomic E-state index is 0.273. The van der Waals surface area contributed by atoms with Gasteiger partial charge in [0.05, 0.1) is 11.6 Å². The molecule has 2 heteroatoms. The molecular weight excluding hydrogens is 138 g/mol. The lowest BCUT2D eigenvalue weighted by Crippen LogP contribution is -1.90. The van der Waals surface area contributed by atoms with Crippen LogP contribution in [-0.2, 0) is 0 Å². The Kier molecular flexibility index (Phi) is 2.25. The molecule has 0 saturated heterocycles. The van der Waals surface area contributed by atoms with Gasteiger partial charge in [-0.05, 0) is 24.6 Å². The minimum atomic E-state index is 0.273. The minimum Gasteiger partial charge on any atom is -0.382 e. The number of nitrogens with zero attached hydrogens (tertiary/aromatic N) is 1. The molecule has 0 heterocycles. The molecule has 0 aliphatic heterocycles. The van der Waals surface area contributed by atoms with Gasteiger partial charge in [-0.25, -0.2) is 0 Å². The van der Waals surface area contributed by atoms with E-state index in [9.17, 15) is 0 Å². The fourth-order valence-corrected chi connectivity index (χ4v) is 0.786. The van der Waals surface area contributed by atoms with Crippen LogP contribution in [0.15, 0.2) is 24.3 Å². The Morgan fingerprint density at radius 2 is 1.91 bits per heavy atom. The molecule has 0 aromatic heterocycles. The Morgan fingerprint density at radius 3 is 2.27 bits per heavy atom. The highest BCUT2D eigenvalue weighted by Gasteiger charge is 1.99. The van der Waals surface area contributed by atoms with E-state index >= 15 is 0 Å². The second-order valence-electron chi connectivity index (χ2n) is 2.27. The molecule has 2 nitrogen and oxygen atoms in total. The van der Waals surface area contributed by atoms with Crippen LogP contribution in [0.4, 0.5) is 0 Å². The predicted molar refractivity (Wildman–Crippen MR) is 41.1 cm³/mol. The second kappa shape index (κ2) is 3.18. The van der Waals surface area contributed by atoms with Gasteiger partial charge in [0, 0.05) is 0 Å². The van der Waals surface area contributed by atoms with Crippen molar-refractivity contribution in [2.24, 2.45) is 0 Å². The van der Waals surface area contributed by atoms with Crippen molar-refractivity contribution in [3.8, 4) is 6.07 Å². The van der Waals surface area contributed by atoms with Gasteiger partial charge in [-0.3, -0.25) is 0 Å². The number of aliphatic hydroxyl groups is 1. The van der Waals surface area contributed by atoms with E-state index in [2.05, 4.69) is 0 Å². The summed E-state index contributed by atoms with van der Waals surface area (Å²) in [5.74, 6) is 0. The molecule has 0 aliphatic rings. The van der Waals surface area contributed by atoms with Gasteiger partial charge in [0.1, 0.15) is 6.10 Å². The molecule has 0 spiro atoms.